The summed E-state index contributed by atoms with van der Waals surface area (Å²) in [4.78, 5) is 13.0. The highest BCUT2D eigenvalue weighted by Gasteiger charge is 2.38. The van der Waals surface area contributed by atoms with Gasteiger partial charge in [-0.15, -0.1) is 0 Å². The van der Waals surface area contributed by atoms with E-state index in [1.165, 1.54) is 4.90 Å². The van der Waals surface area contributed by atoms with Gasteiger partial charge < -0.3 is 4.90 Å². The Labute approximate surface area is 81.3 Å². The fourth-order valence-corrected chi connectivity index (χ4v) is 1.94. The van der Waals surface area contributed by atoms with Crippen molar-refractivity contribution in [3.63, 3.8) is 0 Å². The van der Waals surface area contributed by atoms with Crippen LogP contribution in [0.15, 0.2) is 0 Å². The Morgan fingerprint density at radius 1 is 1.38 bits per heavy atom. The molecule has 0 aromatic heterocycles. The molecule has 0 spiro atoms. The fraction of sp³-hybridized carbons (Fsp3) is 0.909. The number of likely N-dealkylation sites (tertiary alicyclic amines) is 1. The molecule has 0 saturated carbocycles. The van der Waals surface area contributed by atoms with Crippen LogP contribution in [0.5, 0.6) is 0 Å². The highest BCUT2D eigenvalue weighted by molar-refractivity contribution is 5.83. The second-order valence-corrected chi connectivity index (χ2v) is 5.51. The van der Waals surface area contributed by atoms with Crippen molar-refractivity contribution < 1.29 is 9.69 Å². The molecule has 0 aliphatic carbocycles. The molecule has 76 valence electrons. The molecule has 1 fully saturated rings. The number of piperidine rings is 1. The van der Waals surface area contributed by atoms with Crippen LogP contribution in [0.25, 0.3) is 0 Å². The number of quaternary nitrogens is 1. The quantitative estimate of drug-likeness (QED) is 0.582. The Kier molecular flexibility index (Phi) is 2.81. The Morgan fingerprint density at radius 3 is 2.31 bits per heavy atom. The molecule has 3 atom stereocenters. The van der Waals surface area contributed by atoms with E-state index in [-0.39, 0.29) is 11.5 Å². The summed E-state index contributed by atoms with van der Waals surface area (Å²) in [6.07, 6.45) is 0.780. The van der Waals surface area contributed by atoms with Crippen LogP contribution >= 0.6 is 0 Å². The maximum Gasteiger partial charge on any atom is 0.190 e. The molecule has 0 bridgehead atoms. The summed E-state index contributed by atoms with van der Waals surface area (Å²) in [7, 11) is 2.13. The largest absolute Gasteiger partial charge is 0.329 e. The summed E-state index contributed by atoms with van der Waals surface area (Å²) < 4.78 is 0. The first-order chi connectivity index (χ1) is 5.82. The molecule has 0 aromatic carbocycles. The predicted octanol–water partition coefficient (Wildman–Crippen LogP) is 0.525. The van der Waals surface area contributed by atoms with Crippen LogP contribution in [0.4, 0.5) is 0 Å². The van der Waals surface area contributed by atoms with E-state index in [1.807, 2.05) is 6.92 Å². The Bertz CT molecular complexity index is 205. The van der Waals surface area contributed by atoms with Gasteiger partial charge in [-0.25, -0.2) is 0 Å². The van der Waals surface area contributed by atoms with Crippen LogP contribution in [-0.4, -0.2) is 25.4 Å². The van der Waals surface area contributed by atoms with Crippen LogP contribution in [-0.2, 0) is 4.79 Å². The van der Waals surface area contributed by atoms with Crippen molar-refractivity contribution in [1.29, 1.82) is 0 Å². The fourth-order valence-electron chi connectivity index (χ4n) is 1.94. The molecule has 1 heterocycles. The molecule has 13 heavy (non-hydrogen) atoms. The first-order valence-corrected chi connectivity index (χ1v) is 5.17. The van der Waals surface area contributed by atoms with Gasteiger partial charge in [0.2, 0.25) is 0 Å². The van der Waals surface area contributed by atoms with Gasteiger partial charge in [0.05, 0.1) is 13.6 Å². The number of Topliss-reactive ketones (excluding diaryl/α,β-unsaturated/α-hetero) is 1. The summed E-state index contributed by atoms with van der Waals surface area (Å²) in [6, 6.07) is 0.207. The minimum absolute atomic E-state index is 0.207. The molecule has 1 aliphatic heterocycles. The number of nitrogens with one attached hydrogen (secondary N) is 1. The molecule has 1 saturated heterocycles. The Hall–Kier alpha value is -0.370. The highest BCUT2D eigenvalue weighted by Crippen LogP contribution is 2.29. The third kappa shape index (κ3) is 2.31. The van der Waals surface area contributed by atoms with E-state index in [0.717, 1.165) is 13.0 Å². The smallest absolute Gasteiger partial charge is 0.190 e. The first-order valence-electron chi connectivity index (χ1n) is 5.17. The Balaban J connectivity index is 2.69. The molecule has 0 radical (unpaired) electrons. The second kappa shape index (κ2) is 3.41. The third-order valence-corrected chi connectivity index (χ3v) is 3.46. The zero-order valence-electron chi connectivity index (χ0n) is 9.48. The number of hydrogen-bond donors (Lipinski definition) is 1. The van der Waals surface area contributed by atoms with E-state index in [9.17, 15) is 4.79 Å². The van der Waals surface area contributed by atoms with E-state index in [0.29, 0.717) is 11.7 Å². The minimum Gasteiger partial charge on any atom is -0.329 e. The molecule has 1 N–H and O–H groups in total. The zero-order valence-corrected chi connectivity index (χ0v) is 9.48. The second-order valence-electron chi connectivity index (χ2n) is 5.51. The lowest BCUT2D eigenvalue weighted by Crippen LogP contribution is -3.15. The van der Waals surface area contributed by atoms with Crippen molar-refractivity contribution in [2.45, 2.75) is 40.2 Å². The van der Waals surface area contributed by atoms with Gasteiger partial charge in [-0.2, -0.15) is 0 Å². The van der Waals surface area contributed by atoms with Crippen molar-refractivity contribution in [3.05, 3.63) is 0 Å². The predicted molar refractivity (Wildman–Crippen MR) is 53.8 cm³/mol. The van der Waals surface area contributed by atoms with Gasteiger partial charge in [0.1, 0.15) is 6.04 Å². The minimum atomic E-state index is 0.207. The van der Waals surface area contributed by atoms with Crippen LogP contribution in [0.3, 0.4) is 0 Å². The summed E-state index contributed by atoms with van der Waals surface area (Å²) in [5.41, 5.74) is 0.275. The van der Waals surface area contributed by atoms with Gasteiger partial charge in [0, 0.05) is 12.3 Å². The highest BCUT2D eigenvalue weighted by atomic mass is 16.1. The first kappa shape index (κ1) is 10.7. The topological polar surface area (TPSA) is 21.5 Å². The molecule has 2 nitrogen and oxygen atoms in total. The summed E-state index contributed by atoms with van der Waals surface area (Å²) in [6.45, 7) is 9.86. The number of carbonyl (C=O) groups excluding carboxylic acids is 1. The lowest BCUT2D eigenvalue weighted by molar-refractivity contribution is -0.901. The maximum atomic E-state index is 11.6. The normalized spacial score (nSPS) is 36.4. The van der Waals surface area contributed by atoms with E-state index in [1.54, 1.807) is 0 Å². The molecule has 1 aliphatic rings. The molecular weight excluding hydrogens is 162 g/mol. The number of likely N-dealkylation sites (N-methyl/N-ethyl adjacent to an activating group) is 1. The van der Waals surface area contributed by atoms with Crippen LogP contribution < -0.4 is 4.90 Å². The van der Waals surface area contributed by atoms with Gasteiger partial charge >= 0.3 is 0 Å². The SMILES string of the molecule is C[C@H]1C(=O)C[C@H](C(C)(C)C)C[NH+]1C. The van der Waals surface area contributed by atoms with Crippen molar-refractivity contribution in [2.24, 2.45) is 11.3 Å². The maximum absolute atomic E-state index is 11.6. The van der Waals surface area contributed by atoms with Crippen LogP contribution in [0, 0.1) is 11.3 Å². The van der Waals surface area contributed by atoms with Crippen molar-refractivity contribution in [3.8, 4) is 0 Å². The standard InChI is InChI=1S/C11H21NO/c1-8-10(13)6-9(7-12(8)5)11(2,3)4/h8-9H,6-7H2,1-5H3/p+1/t8-,9-/m0/s1. The number of hydrogen-bond acceptors (Lipinski definition) is 1. The molecule has 0 amide bonds. The third-order valence-electron chi connectivity index (χ3n) is 3.46. The number of rotatable bonds is 0. The summed E-state index contributed by atoms with van der Waals surface area (Å²) >= 11 is 0. The van der Waals surface area contributed by atoms with Crippen molar-refractivity contribution in [2.75, 3.05) is 13.6 Å². The van der Waals surface area contributed by atoms with E-state index in [2.05, 4.69) is 27.8 Å². The van der Waals surface area contributed by atoms with E-state index in [4.69, 9.17) is 0 Å². The summed E-state index contributed by atoms with van der Waals surface area (Å²) in [5.74, 6) is 0.986. The van der Waals surface area contributed by atoms with Crippen molar-refractivity contribution in [1.82, 2.24) is 0 Å². The zero-order chi connectivity index (χ0) is 10.2. The van der Waals surface area contributed by atoms with Gasteiger partial charge in [0.25, 0.3) is 0 Å². The van der Waals surface area contributed by atoms with Gasteiger partial charge in [-0.1, -0.05) is 20.8 Å². The van der Waals surface area contributed by atoms with Crippen LogP contribution in [0.1, 0.15) is 34.1 Å². The molecule has 2 heteroatoms. The molecule has 1 rings (SSSR count). The molecule has 0 aromatic rings. The van der Waals surface area contributed by atoms with Crippen molar-refractivity contribution >= 4 is 5.78 Å². The van der Waals surface area contributed by atoms with Crippen LogP contribution in [0.2, 0.25) is 0 Å². The number of ketones is 1. The monoisotopic (exact) mass is 184 g/mol. The van der Waals surface area contributed by atoms with Gasteiger partial charge in [-0.3, -0.25) is 4.79 Å². The lowest BCUT2D eigenvalue weighted by Gasteiger charge is -2.37. The molecule has 1 unspecified atom stereocenters. The van der Waals surface area contributed by atoms with Gasteiger partial charge in [0.15, 0.2) is 5.78 Å². The van der Waals surface area contributed by atoms with Gasteiger partial charge in [-0.05, 0) is 12.3 Å². The Morgan fingerprint density at radius 2 is 1.92 bits per heavy atom. The summed E-state index contributed by atoms with van der Waals surface area (Å²) in [5, 5.41) is 0. The average Bonchev–Trinajstić information content (AvgIpc) is 1.97. The molecular formula is C11H22NO+. The lowest BCUT2D eigenvalue weighted by atomic mass is 9.75. The van der Waals surface area contributed by atoms with E-state index < -0.39 is 0 Å². The average molecular weight is 184 g/mol. The van der Waals surface area contributed by atoms with E-state index >= 15 is 0 Å². The number of carbonyl (C=O) groups is 1.